The molecule has 0 radical (unpaired) electrons. The second kappa shape index (κ2) is 10.3. The summed E-state index contributed by atoms with van der Waals surface area (Å²) in [6.45, 7) is 7.69. The number of nitrogens with one attached hydrogen (secondary N) is 2. The number of anilines is 3. The molecule has 0 unspecified atom stereocenters. The van der Waals surface area contributed by atoms with Gasteiger partial charge in [-0.15, -0.1) is 5.10 Å². The van der Waals surface area contributed by atoms with Gasteiger partial charge in [-0.25, -0.2) is 9.37 Å². The average Bonchev–Trinajstić information content (AvgIpc) is 3.51. The molecule has 2 aromatic heterocycles. The third kappa shape index (κ3) is 5.16. The van der Waals surface area contributed by atoms with E-state index in [0.29, 0.717) is 22.9 Å². The number of thioether (sulfide) groups is 1. The number of aromatic nitrogens is 6. The zero-order valence-corrected chi connectivity index (χ0v) is 21.6. The van der Waals surface area contributed by atoms with Gasteiger partial charge in [0.1, 0.15) is 0 Å². The predicted octanol–water partition coefficient (Wildman–Crippen LogP) is 3.55. The number of halogens is 1. The summed E-state index contributed by atoms with van der Waals surface area (Å²) in [4.78, 5) is 11.2. The molecule has 2 atom stereocenters. The summed E-state index contributed by atoms with van der Waals surface area (Å²) >= 11 is 1.37. The summed E-state index contributed by atoms with van der Waals surface area (Å²) in [6.07, 6.45) is 5.53. The molecule has 2 fully saturated rings. The maximum absolute atomic E-state index is 14.7. The lowest BCUT2D eigenvalue weighted by Crippen LogP contribution is -2.55. The van der Waals surface area contributed by atoms with Crippen molar-refractivity contribution in [3.63, 3.8) is 0 Å². The van der Waals surface area contributed by atoms with E-state index in [9.17, 15) is 4.39 Å². The maximum atomic E-state index is 14.7. The molecule has 3 aromatic rings. The molecule has 192 valence electrons. The summed E-state index contributed by atoms with van der Waals surface area (Å²) in [6, 6.07) is 6.43. The van der Waals surface area contributed by atoms with Crippen molar-refractivity contribution in [3.8, 4) is 5.69 Å². The van der Waals surface area contributed by atoms with Gasteiger partial charge in [-0.1, -0.05) is 17.8 Å². The van der Waals surface area contributed by atoms with Crippen molar-refractivity contribution in [3.05, 3.63) is 35.8 Å². The van der Waals surface area contributed by atoms with E-state index in [1.54, 1.807) is 4.68 Å². The molecule has 2 aliphatic rings. The first-order valence-corrected chi connectivity index (χ1v) is 13.3. The lowest BCUT2D eigenvalue weighted by molar-refractivity contribution is 0.0500. The molecular weight excluding hydrogens is 481 g/mol. The first kappa shape index (κ1) is 24.8. The van der Waals surface area contributed by atoms with Crippen molar-refractivity contribution in [2.75, 3.05) is 29.5 Å². The lowest BCUT2D eigenvalue weighted by Gasteiger charge is -2.47. The van der Waals surface area contributed by atoms with Gasteiger partial charge < -0.3 is 15.7 Å². The summed E-state index contributed by atoms with van der Waals surface area (Å²) in [5.41, 5.74) is 2.56. The van der Waals surface area contributed by atoms with Crippen LogP contribution in [0.4, 0.5) is 21.8 Å². The van der Waals surface area contributed by atoms with Crippen LogP contribution in [0.3, 0.4) is 0 Å². The normalized spacial score (nSPS) is 21.4. The van der Waals surface area contributed by atoms with Crippen LogP contribution >= 0.6 is 11.8 Å². The fourth-order valence-corrected chi connectivity index (χ4v) is 6.07. The van der Waals surface area contributed by atoms with Crippen LogP contribution in [-0.4, -0.2) is 76.7 Å². The summed E-state index contributed by atoms with van der Waals surface area (Å²) in [7, 11) is 0. The Bertz CT molecular complexity index is 1220. The van der Waals surface area contributed by atoms with Crippen LogP contribution in [0, 0.1) is 12.7 Å². The molecule has 2 aliphatic heterocycles. The lowest BCUT2D eigenvalue weighted by atomic mass is 9.84. The molecular formula is C24H32FN9OS. The molecule has 0 saturated carbocycles. The van der Waals surface area contributed by atoms with Crippen LogP contribution in [-0.2, 0) is 0 Å². The number of aliphatic hydroxyl groups is 1. The average molecular weight is 514 g/mol. The standard InChI is InChI=1S/C24H32FN9OS/c1-15-6-7-16(12-20(15)34-23(30-31-32-34)36-10-9-35)28-22-26-14-19(25)21(29-22)27-17-11-18-5-4-8-33(18)24(2,3)13-17/h6-7,12,14,17-18,35H,4-5,8-11,13H2,1-3H3,(H2,26,27,28,29)/t17-,18-/m1/s1. The number of tetrazole rings is 1. The first-order valence-electron chi connectivity index (χ1n) is 12.3. The number of aliphatic hydroxyl groups excluding tert-OH is 1. The molecule has 10 nitrogen and oxygen atoms in total. The van der Waals surface area contributed by atoms with Crippen LogP contribution in [0.15, 0.2) is 29.6 Å². The van der Waals surface area contributed by atoms with Crippen molar-refractivity contribution >= 4 is 29.2 Å². The monoisotopic (exact) mass is 513 g/mol. The van der Waals surface area contributed by atoms with Gasteiger partial charge in [0, 0.05) is 29.1 Å². The van der Waals surface area contributed by atoms with E-state index in [4.69, 9.17) is 5.11 Å². The highest BCUT2D eigenvalue weighted by atomic mass is 32.2. The Labute approximate surface area is 214 Å². The summed E-state index contributed by atoms with van der Waals surface area (Å²) in [5, 5.41) is 28.2. The minimum absolute atomic E-state index is 0.0354. The van der Waals surface area contributed by atoms with Gasteiger partial charge in [0.25, 0.3) is 0 Å². The van der Waals surface area contributed by atoms with Gasteiger partial charge >= 0.3 is 0 Å². The fourth-order valence-electron chi connectivity index (χ4n) is 5.44. The fraction of sp³-hybridized carbons (Fsp3) is 0.542. The number of rotatable bonds is 8. The Morgan fingerprint density at radius 1 is 1.31 bits per heavy atom. The van der Waals surface area contributed by atoms with Crippen LogP contribution in [0.1, 0.15) is 45.1 Å². The van der Waals surface area contributed by atoms with Gasteiger partial charge in [-0.2, -0.15) is 9.67 Å². The summed E-state index contributed by atoms with van der Waals surface area (Å²) in [5.74, 6) is 0.553. The van der Waals surface area contributed by atoms with Crippen molar-refractivity contribution in [2.45, 2.75) is 69.2 Å². The van der Waals surface area contributed by atoms with Crippen LogP contribution in [0.25, 0.3) is 5.69 Å². The molecule has 12 heteroatoms. The van der Waals surface area contributed by atoms with Crippen molar-refractivity contribution in [2.24, 2.45) is 0 Å². The van der Waals surface area contributed by atoms with Crippen LogP contribution < -0.4 is 10.6 Å². The molecule has 0 spiro atoms. The van der Waals surface area contributed by atoms with Gasteiger partial charge in [0.05, 0.1) is 18.5 Å². The minimum atomic E-state index is -0.462. The third-order valence-corrected chi connectivity index (χ3v) is 7.90. The second-order valence-corrected chi connectivity index (χ2v) is 11.1. The topological polar surface area (TPSA) is 117 Å². The van der Waals surface area contributed by atoms with Gasteiger partial charge in [-0.3, -0.25) is 4.90 Å². The van der Waals surface area contributed by atoms with E-state index in [1.165, 1.54) is 30.8 Å². The number of nitrogens with zero attached hydrogens (tertiary/aromatic N) is 7. The quantitative estimate of drug-likeness (QED) is 0.386. The molecule has 1 aromatic carbocycles. The smallest absolute Gasteiger partial charge is 0.229 e. The Hall–Kier alpha value is -2.83. The van der Waals surface area contributed by atoms with Gasteiger partial charge in [0.15, 0.2) is 11.6 Å². The Kier molecular flexibility index (Phi) is 7.09. The molecule has 5 rings (SSSR count). The molecule has 0 aliphatic carbocycles. The second-order valence-electron chi connectivity index (χ2n) is 10.0. The van der Waals surface area contributed by atoms with E-state index in [-0.39, 0.29) is 24.0 Å². The van der Waals surface area contributed by atoms with Crippen LogP contribution in [0.5, 0.6) is 0 Å². The number of fused-ring (bicyclic) bond motifs is 1. The molecule has 0 amide bonds. The summed E-state index contributed by atoms with van der Waals surface area (Å²) < 4.78 is 16.3. The number of hydrogen-bond acceptors (Lipinski definition) is 10. The van der Waals surface area contributed by atoms with Crippen molar-refractivity contribution in [1.82, 2.24) is 35.1 Å². The first-order chi connectivity index (χ1) is 17.3. The van der Waals surface area contributed by atoms with E-state index in [0.717, 1.165) is 36.3 Å². The van der Waals surface area contributed by atoms with Gasteiger partial charge in [0.2, 0.25) is 11.1 Å². The van der Waals surface area contributed by atoms with Crippen LogP contribution in [0.2, 0.25) is 0 Å². The third-order valence-electron chi connectivity index (χ3n) is 7.00. The largest absolute Gasteiger partial charge is 0.396 e. The van der Waals surface area contributed by atoms with E-state index >= 15 is 0 Å². The van der Waals surface area contributed by atoms with E-state index < -0.39 is 5.82 Å². The number of aryl methyl sites for hydroxylation is 1. The minimum Gasteiger partial charge on any atom is -0.396 e. The molecule has 2 saturated heterocycles. The number of piperidine rings is 1. The predicted molar refractivity (Wildman–Crippen MR) is 137 cm³/mol. The Morgan fingerprint density at radius 2 is 2.17 bits per heavy atom. The Balaban J connectivity index is 1.34. The van der Waals surface area contributed by atoms with Crippen molar-refractivity contribution < 1.29 is 9.50 Å². The van der Waals surface area contributed by atoms with Crippen molar-refractivity contribution in [1.29, 1.82) is 0 Å². The van der Waals surface area contributed by atoms with E-state index in [1.807, 2.05) is 25.1 Å². The highest BCUT2D eigenvalue weighted by molar-refractivity contribution is 7.99. The zero-order chi connectivity index (χ0) is 25.3. The molecule has 36 heavy (non-hydrogen) atoms. The highest BCUT2D eigenvalue weighted by Gasteiger charge is 2.43. The molecule has 3 N–H and O–H groups in total. The zero-order valence-electron chi connectivity index (χ0n) is 20.8. The number of hydrogen-bond donors (Lipinski definition) is 3. The highest BCUT2D eigenvalue weighted by Crippen LogP contribution is 2.38. The maximum Gasteiger partial charge on any atom is 0.229 e. The number of benzene rings is 1. The van der Waals surface area contributed by atoms with E-state index in [2.05, 4.69) is 54.9 Å². The van der Waals surface area contributed by atoms with Gasteiger partial charge in [-0.05, 0) is 81.1 Å². The molecule has 4 heterocycles. The Morgan fingerprint density at radius 3 is 3.00 bits per heavy atom. The SMILES string of the molecule is Cc1ccc(Nc2ncc(F)c(N[C@@H]3C[C@H]4CCCN4C(C)(C)C3)n2)cc1-n1nnnc1SCCO. The molecule has 0 bridgehead atoms.